The van der Waals surface area contributed by atoms with E-state index < -0.39 is 50.9 Å². The van der Waals surface area contributed by atoms with Gasteiger partial charge in [0.05, 0.1) is 22.2 Å². The van der Waals surface area contributed by atoms with Crippen LogP contribution in [-0.2, 0) is 32.5 Å². The minimum absolute atomic E-state index is 0.0225. The molecule has 38 heavy (non-hydrogen) atoms. The van der Waals surface area contributed by atoms with Crippen LogP contribution in [0, 0.1) is 5.92 Å². The van der Waals surface area contributed by atoms with E-state index in [1.807, 2.05) is 0 Å². The molecule has 1 saturated heterocycles. The second kappa shape index (κ2) is 9.02. The fraction of sp³-hybridized carbons (Fsp3) is 0.280. The van der Waals surface area contributed by atoms with Crippen molar-refractivity contribution in [2.24, 2.45) is 5.92 Å². The Morgan fingerprint density at radius 1 is 1.08 bits per heavy atom. The molecule has 13 heteroatoms. The van der Waals surface area contributed by atoms with Gasteiger partial charge in [0.2, 0.25) is 17.7 Å². The molecule has 8 nitrogen and oxygen atoms in total. The summed E-state index contributed by atoms with van der Waals surface area (Å²) in [6.45, 7) is 3.06. The van der Waals surface area contributed by atoms with Gasteiger partial charge in [-0.3, -0.25) is 23.7 Å². The smallest absolute Gasteiger partial charge is 0.416 e. The van der Waals surface area contributed by atoms with Crippen LogP contribution in [0.3, 0.4) is 0 Å². The summed E-state index contributed by atoms with van der Waals surface area (Å²) >= 11 is 1.85. The van der Waals surface area contributed by atoms with Gasteiger partial charge < -0.3 is 10.4 Å². The number of alkyl halides is 3. The lowest BCUT2D eigenvalue weighted by Crippen LogP contribution is -2.42. The molecule has 0 aliphatic carbocycles. The van der Waals surface area contributed by atoms with Crippen LogP contribution in [0.15, 0.2) is 58.4 Å². The third-order valence-electron chi connectivity index (χ3n) is 6.59. The molecule has 2 aliphatic rings. The van der Waals surface area contributed by atoms with Crippen LogP contribution in [0.4, 0.5) is 24.5 Å². The molecule has 0 radical (unpaired) electrons. The topological polar surface area (TPSA) is 109 Å². The molecule has 2 aromatic carbocycles. The minimum Gasteiger partial charge on any atom is -0.508 e. The fourth-order valence-corrected chi connectivity index (χ4v) is 7.77. The van der Waals surface area contributed by atoms with E-state index in [4.69, 9.17) is 0 Å². The molecule has 0 saturated carbocycles. The Balaban J connectivity index is 1.46. The lowest BCUT2D eigenvalue weighted by Gasteiger charge is -2.36. The molecule has 5 rings (SSSR count). The number of phenolic OH excluding ortho intramolecular Hbond substituents is 1. The number of rotatable bonds is 4. The second-order valence-corrected chi connectivity index (χ2v) is 11.6. The van der Waals surface area contributed by atoms with Crippen molar-refractivity contribution in [1.29, 1.82) is 0 Å². The third-order valence-corrected chi connectivity index (χ3v) is 9.41. The maximum absolute atomic E-state index is 13.5. The average Bonchev–Trinajstić information content (AvgIpc) is 3.29. The van der Waals surface area contributed by atoms with E-state index in [0.29, 0.717) is 15.6 Å². The summed E-state index contributed by atoms with van der Waals surface area (Å²) in [4.78, 5) is 53.4. The van der Waals surface area contributed by atoms with E-state index >= 15 is 0 Å². The van der Waals surface area contributed by atoms with Crippen molar-refractivity contribution in [2.75, 3.05) is 10.2 Å². The van der Waals surface area contributed by atoms with Crippen LogP contribution in [0.1, 0.15) is 24.3 Å². The number of thioether (sulfide) groups is 1. The first-order chi connectivity index (χ1) is 17.8. The quantitative estimate of drug-likeness (QED) is 0.364. The van der Waals surface area contributed by atoms with Gasteiger partial charge in [-0.1, -0.05) is 43.0 Å². The second-order valence-electron chi connectivity index (χ2n) is 9.48. The SMILES string of the molecule is CC1(C)c2sc(=O)n(CC(=O)Nc3ccc(O)cc3)c2SC2C(=O)N(c3cccc(C(F)(F)F)c3)C(=O)C21. The van der Waals surface area contributed by atoms with E-state index in [-0.39, 0.29) is 18.0 Å². The number of benzene rings is 2. The highest BCUT2D eigenvalue weighted by molar-refractivity contribution is 8.00. The summed E-state index contributed by atoms with van der Waals surface area (Å²) in [7, 11) is 0. The van der Waals surface area contributed by atoms with Crippen molar-refractivity contribution in [3.8, 4) is 5.75 Å². The highest BCUT2D eigenvalue weighted by Gasteiger charge is 2.59. The lowest BCUT2D eigenvalue weighted by atomic mass is 9.76. The van der Waals surface area contributed by atoms with Crippen molar-refractivity contribution in [2.45, 2.75) is 42.3 Å². The lowest BCUT2D eigenvalue weighted by molar-refractivity contribution is -0.137. The number of amides is 3. The zero-order valence-electron chi connectivity index (χ0n) is 19.9. The highest BCUT2D eigenvalue weighted by Crippen LogP contribution is 2.54. The first-order valence-electron chi connectivity index (χ1n) is 11.3. The number of nitrogens with one attached hydrogen (secondary N) is 1. The molecule has 0 spiro atoms. The normalized spacial score (nSPS) is 20.3. The number of halogens is 3. The van der Waals surface area contributed by atoms with Gasteiger partial charge in [0.25, 0.3) is 0 Å². The van der Waals surface area contributed by atoms with Gasteiger partial charge in [-0.15, -0.1) is 0 Å². The number of nitrogens with zero attached hydrogens (tertiary/aromatic N) is 2. The Labute approximate surface area is 222 Å². The molecule has 3 aromatic rings. The number of anilines is 2. The standard InChI is InChI=1S/C25H20F3N3O5S2/c1-24(2)17-18(21(35)31(20(17)34)14-5-3-4-12(10-14)25(26,27)28)37-22-19(24)38-23(36)30(22)11-16(33)29-13-6-8-15(32)9-7-13/h3-10,17-18,32H,11H2,1-2H3,(H,29,33). The molecular formula is C25H20F3N3O5S2. The molecule has 2 unspecified atom stereocenters. The summed E-state index contributed by atoms with van der Waals surface area (Å²) in [5, 5.41) is 11.4. The van der Waals surface area contributed by atoms with E-state index in [2.05, 4.69) is 5.32 Å². The number of fused-ring (bicyclic) bond motifs is 2. The Morgan fingerprint density at radius 2 is 1.76 bits per heavy atom. The van der Waals surface area contributed by atoms with Gasteiger partial charge >= 0.3 is 11.0 Å². The zero-order chi connectivity index (χ0) is 27.6. The maximum Gasteiger partial charge on any atom is 0.416 e. The average molecular weight is 564 g/mol. The van der Waals surface area contributed by atoms with E-state index in [1.165, 1.54) is 34.9 Å². The first-order valence-corrected chi connectivity index (χ1v) is 13.0. The zero-order valence-corrected chi connectivity index (χ0v) is 21.5. The van der Waals surface area contributed by atoms with Crippen LogP contribution in [0.2, 0.25) is 0 Å². The Morgan fingerprint density at radius 3 is 2.42 bits per heavy atom. The van der Waals surface area contributed by atoms with Crippen molar-refractivity contribution < 1.29 is 32.7 Å². The molecule has 2 N–H and O–H groups in total. The predicted octanol–water partition coefficient (Wildman–Crippen LogP) is 4.21. The molecule has 3 amide bonds. The fourth-order valence-electron chi connectivity index (χ4n) is 4.73. The molecular weight excluding hydrogens is 543 g/mol. The number of carbonyl (C=O) groups is 3. The Kier molecular flexibility index (Phi) is 6.18. The van der Waals surface area contributed by atoms with Crippen molar-refractivity contribution >= 4 is 52.2 Å². The van der Waals surface area contributed by atoms with Gasteiger partial charge in [0, 0.05) is 16.0 Å². The van der Waals surface area contributed by atoms with Crippen LogP contribution < -0.4 is 15.1 Å². The number of aromatic hydroxyl groups is 1. The largest absolute Gasteiger partial charge is 0.508 e. The van der Waals surface area contributed by atoms with Gasteiger partial charge in [0.15, 0.2) is 0 Å². The number of hydrogen-bond donors (Lipinski definition) is 2. The number of thiazole rings is 1. The Bertz CT molecular complexity index is 1530. The maximum atomic E-state index is 13.5. The summed E-state index contributed by atoms with van der Waals surface area (Å²) in [5.41, 5.74) is -1.75. The molecule has 1 aromatic heterocycles. The van der Waals surface area contributed by atoms with Crippen LogP contribution >= 0.6 is 23.1 Å². The van der Waals surface area contributed by atoms with Crippen molar-refractivity contribution in [1.82, 2.24) is 4.57 Å². The van der Waals surface area contributed by atoms with Gasteiger partial charge in [-0.2, -0.15) is 13.2 Å². The van der Waals surface area contributed by atoms with Gasteiger partial charge in [-0.05, 0) is 42.5 Å². The Hall–Kier alpha value is -3.58. The van der Waals surface area contributed by atoms with Crippen molar-refractivity contribution in [3.05, 3.63) is 68.6 Å². The molecule has 2 atom stereocenters. The predicted molar refractivity (Wildman–Crippen MR) is 135 cm³/mol. The minimum atomic E-state index is -4.65. The molecule has 2 aliphatic heterocycles. The molecule has 198 valence electrons. The van der Waals surface area contributed by atoms with E-state index in [0.717, 1.165) is 46.2 Å². The summed E-state index contributed by atoms with van der Waals surface area (Å²) in [5.74, 6) is -2.73. The molecule has 0 bridgehead atoms. The third kappa shape index (κ3) is 4.29. The highest BCUT2D eigenvalue weighted by atomic mass is 32.2. The number of hydrogen-bond acceptors (Lipinski definition) is 7. The monoisotopic (exact) mass is 563 g/mol. The number of aromatic nitrogens is 1. The molecule has 3 heterocycles. The first kappa shape index (κ1) is 26.0. The summed E-state index contributed by atoms with van der Waals surface area (Å²) in [6.07, 6.45) is -4.65. The van der Waals surface area contributed by atoms with Crippen LogP contribution in [0.5, 0.6) is 5.75 Å². The summed E-state index contributed by atoms with van der Waals surface area (Å²) < 4.78 is 41.1. The van der Waals surface area contributed by atoms with Crippen molar-refractivity contribution in [3.63, 3.8) is 0 Å². The summed E-state index contributed by atoms with van der Waals surface area (Å²) in [6, 6.07) is 9.82. The van der Waals surface area contributed by atoms with E-state index in [1.54, 1.807) is 13.8 Å². The number of imide groups is 1. The van der Waals surface area contributed by atoms with Gasteiger partial charge in [0.1, 0.15) is 17.5 Å². The van der Waals surface area contributed by atoms with Gasteiger partial charge in [-0.25, -0.2) is 4.90 Å². The number of carbonyl (C=O) groups excluding carboxylic acids is 3. The number of phenols is 1. The van der Waals surface area contributed by atoms with Crippen LogP contribution in [-0.4, -0.2) is 32.6 Å². The molecule has 1 fully saturated rings. The van der Waals surface area contributed by atoms with Crippen LogP contribution in [0.25, 0.3) is 0 Å². The van der Waals surface area contributed by atoms with E-state index in [9.17, 15) is 37.5 Å².